The van der Waals surface area contributed by atoms with E-state index in [9.17, 15) is 13.2 Å². The number of alkyl halides is 3. The predicted octanol–water partition coefficient (Wildman–Crippen LogP) is 6.68. The summed E-state index contributed by atoms with van der Waals surface area (Å²) in [5, 5.41) is 6.36. The minimum absolute atomic E-state index is 0.0722. The fourth-order valence-corrected chi connectivity index (χ4v) is 2.95. The topological polar surface area (TPSA) is 59.1 Å². The first-order valence-corrected chi connectivity index (χ1v) is 9.93. The molecule has 0 aliphatic heterocycles. The second-order valence-electron chi connectivity index (χ2n) is 6.93. The number of halogens is 4. The maximum absolute atomic E-state index is 12.6. The lowest BCUT2D eigenvalue weighted by Crippen LogP contribution is -2.17. The van der Waals surface area contributed by atoms with Gasteiger partial charge in [-0.1, -0.05) is 28.1 Å². The van der Waals surface area contributed by atoms with Crippen LogP contribution in [0.15, 0.2) is 53.0 Å². The Morgan fingerprint density at radius 3 is 2.47 bits per heavy atom. The van der Waals surface area contributed by atoms with Crippen molar-refractivity contribution < 1.29 is 17.9 Å². The average Bonchev–Trinajstić information content (AvgIpc) is 2.63. The zero-order chi connectivity index (χ0) is 21.9. The molecule has 1 heterocycles. The van der Waals surface area contributed by atoms with Crippen molar-refractivity contribution in [3.63, 3.8) is 0 Å². The van der Waals surface area contributed by atoms with E-state index in [0.29, 0.717) is 23.0 Å². The van der Waals surface area contributed by atoms with E-state index in [-0.39, 0.29) is 11.8 Å². The Labute approximate surface area is 180 Å². The van der Waals surface area contributed by atoms with Crippen molar-refractivity contribution >= 4 is 33.4 Å². The number of benzene rings is 2. The molecule has 5 nitrogen and oxygen atoms in total. The number of ether oxygens (including phenoxy) is 1. The molecule has 3 rings (SSSR count). The summed E-state index contributed by atoms with van der Waals surface area (Å²) in [6, 6.07) is 13.2. The molecule has 158 valence electrons. The molecule has 0 fully saturated rings. The molecule has 9 heteroatoms. The quantitative estimate of drug-likeness (QED) is 0.412. The number of aromatic nitrogens is 2. The van der Waals surface area contributed by atoms with Crippen LogP contribution in [0.2, 0.25) is 0 Å². The van der Waals surface area contributed by atoms with Gasteiger partial charge in [-0.3, -0.25) is 0 Å². The van der Waals surface area contributed by atoms with Gasteiger partial charge in [-0.05, 0) is 56.7 Å². The van der Waals surface area contributed by atoms with Crippen LogP contribution in [-0.4, -0.2) is 22.4 Å². The molecule has 0 aliphatic rings. The zero-order valence-corrected chi connectivity index (χ0v) is 18.1. The molecule has 2 aromatic carbocycles. The summed E-state index contributed by atoms with van der Waals surface area (Å²) in [5.74, 6) is 0.558. The maximum atomic E-state index is 12.6. The Morgan fingerprint density at radius 2 is 1.80 bits per heavy atom. The summed E-state index contributed by atoms with van der Waals surface area (Å²) in [7, 11) is 0. The molecule has 30 heavy (non-hydrogen) atoms. The van der Waals surface area contributed by atoms with Crippen LogP contribution in [0.5, 0.6) is 5.75 Å². The largest absolute Gasteiger partial charge is 0.573 e. The fraction of sp³-hybridized carbons (Fsp3) is 0.238. The third kappa shape index (κ3) is 6.09. The van der Waals surface area contributed by atoms with Gasteiger partial charge in [-0.15, -0.1) is 13.2 Å². The normalized spacial score (nSPS) is 11.5. The smallest absolute Gasteiger partial charge is 0.406 e. The molecular formula is C21H20BrF3N4O. The van der Waals surface area contributed by atoms with Crippen molar-refractivity contribution in [2.45, 2.75) is 33.2 Å². The van der Waals surface area contributed by atoms with Crippen molar-refractivity contribution in [1.82, 2.24) is 9.97 Å². The van der Waals surface area contributed by atoms with Crippen LogP contribution in [0.1, 0.15) is 19.4 Å². The monoisotopic (exact) mass is 480 g/mol. The standard InChI is InChI=1S/C21H20BrF3N4O/c1-12(2)26-20-28-18(14-5-4-6-16(10-14)30-21(23,24)25)11-19(29-20)27-15-7-8-17(22)13(3)9-15/h4-12H,1-3H3,(H2,26,27,28,29). The van der Waals surface area contributed by atoms with Gasteiger partial charge >= 0.3 is 6.36 Å². The summed E-state index contributed by atoms with van der Waals surface area (Å²) in [6.45, 7) is 5.86. The van der Waals surface area contributed by atoms with Gasteiger partial charge in [-0.25, -0.2) is 4.98 Å². The Bertz CT molecular complexity index is 1040. The van der Waals surface area contributed by atoms with E-state index in [1.165, 1.54) is 18.2 Å². The number of nitrogens with one attached hydrogen (secondary N) is 2. The number of aryl methyl sites for hydroxylation is 1. The Kier molecular flexibility index (Phi) is 6.50. The number of anilines is 3. The second kappa shape index (κ2) is 8.91. The van der Waals surface area contributed by atoms with Crippen LogP contribution < -0.4 is 15.4 Å². The van der Waals surface area contributed by atoms with Crippen LogP contribution >= 0.6 is 15.9 Å². The molecule has 0 atom stereocenters. The molecule has 0 bridgehead atoms. The first kappa shape index (κ1) is 21.9. The Morgan fingerprint density at radius 1 is 1.03 bits per heavy atom. The third-order valence-corrected chi connectivity index (χ3v) is 4.83. The lowest BCUT2D eigenvalue weighted by atomic mass is 10.1. The minimum Gasteiger partial charge on any atom is -0.406 e. The van der Waals surface area contributed by atoms with Crippen LogP contribution in [-0.2, 0) is 0 Å². The first-order chi connectivity index (χ1) is 14.1. The van der Waals surface area contributed by atoms with Crippen molar-refractivity contribution in [3.05, 3.63) is 58.6 Å². The van der Waals surface area contributed by atoms with Crippen LogP contribution in [0.25, 0.3) is 11.3 Å². The predicted molar refractivity (Wildman–Crippen MR) is 115 cm³/mol. The van der Waals surface area contributed by atoms with E-state index in [4.69, 9.17) is 0 Å². The minimum atomic E-state index is -4.76. The van der Waals surface area contributed by atoms with Gasteiger partial charge < -0.3 is 15.4 Å². The molecule has 0 aliphatic carbocycles. The van der Waals surface area contributed by atoms with Crippen LogP contribution in [0.3, 0.4) is 0 Å². The molecule has 3 aromatic rings. The summed E-state index contributed by atoms with van der Waals surface area (Å²) >= 11 is 3.47. The fourth-order valence-electron chi connectivity index (χ4n) is 2.70. The lowest BCUT2D eigenvalue weighted by molar-refractivity contribution is -0.274. The summed E-state index contributed by atoms with van der Waals surface area (Å²) in [4.78, 5) is 8.92. The van der Waals surface area contributed by atoms with E-state index in [1.54, 1.807) is 12.1 Å². The molecule has 0 spiro atoms. The molecule has 0 amide bonds. The molecule has 1 aromatic heterocycles. The molecule has 0 saturated carbocycles. The molecule has 0 saturated heterocycles. The highest BCUT2D eigenvalue weighted by Crippen LogP contribution is 2.30. The summed E-state index contributed by atoms with van der Waals surface area (Å²) in [6.07, 6.45) is -4.76. The van der Waals surface area contributed by atoms with Crippen molar-refractivity contribution in [3.8, 4) is 17.0 Å². The summed E-state index contributed by atoms with van der Waals surface area (Å²) < 4.78 is 42.8. The molecule has 2 N–H and O–H groups in total. The van der Waals surface area contributed by atoms with Gasteiger partial charge in [0.25, 0.3) is 0 Å². The van der Waals surface area contributed by atoms with Gasteiger partial charge in [0.15, 0.2) is 0 Å². The van der Waals surface area contributed by atoms with E-state index in [0.717, 1.165) is 15.7 Å². The maximum Gasteiger partial charge on any atom is 0.573 e. The average molecular weight is 481 g/mol. The van der Waals surface area contributed by atoms with Gasteiger partial charge in [0.2, 0.25) is 5.95 Å². The Balaban J connectivity index is 1.98. The number of rotatable bonds is 6. The number of hydrogen-bond acceptors (Lipinski definition) is 5. The van der Waals surface area contributed by atoms with Gasteiger partial charge in [0.05, 0.1) is 5.69 Å². The molecular weight excluding hydrogens is 461 g/mol. The van der Waals surface area contributed by atoms with Crippen molar-refractivity contribution in [2.24, 2.45) is 0 Å². The van der Waals surface area contributed by atoms with E-state index in [1.807, 2.05) is 39.0 Å². The van der Waals surface area contributed by atoms with E-state index in [2.05, 4.69) is 41.3 Å². The highest BCUT2D eigenvalue weighted by Gasteiger charge is 2.31. The highest BCUT2D eigenvalue weighted by molar-refractivity contribution is 9.10. The van der Waals surface area contributed by atoms with Crippen LogP contribution in [0, 0.1) is 6.92 Å². The molecule has 0 unspecified atom stereocenters. The van der Waals surface area contributed by atoms with E-state index < -0.39 is 6.36 Å². The van der Waals surface area contributed by atoms with Gasteiger partial charge in [0.1, 0.15) is 11.6 Å². The highest BCUT2D eigenvalue weighted by atomic mass is 79.9. The first-order valence-electron chi connectivity index (χ1n) is 9.14. The third-order valence-electron chi connectivity index (χ3n) is 3.94. The lowest BCUT2D eigenvalue weighted by Gasteiger charge is -2.14. The SMILES string of the molecule is Cc1cc(Nc2cc(-c3cccc(OC(F)(F)F)c3)nc(NC(C)C)n2)ccc1Br. The summed E-state index contributed by atoms with van der Waals surface area (Å²) in [5.41, 5.74) is 2.80. The second-order valence-corrected chi connectivity index (χ2v) is 7.78. The van der Waals surface area contributed by atoms with Crippen molar-refractivity contribution in [2.75, 3.05) is 10.6 Å². The van der Waals surface area contributed by atoms with E-state index >= 15 is 0 Å². The van der Waals surface area contributed by atoms with Gasteiger partial charge in [-0.2, -0.15) is 4.98 Å². The Hall–Kier alpha value is -2.81. The number of hydrogen-bond donors (Lipinski definition) is 2. The number of nitrogens with zero attached hydrogens (tertiary/aromatic N) is 2. The van der Waals surface area contributed by atoms with Gasteiger partial charge in [0, 0.05) is 27.8 Å². The zero-order valence-electron chi connectivity index (χ0n) is 16.5. The van der Waals surface area contributed by atoms with Crippen molar-refractivity contribution in [1.29, 1.82) is 0 Å². The van der Waals surface area contributed by atoms with Crippen LogP contribution in [0.4, 0.5) is 30.6 Å². The molecule has 0 radical (unpaired) electrons.